The molecule has 0 saturated carbocycles. The lowest BCUT2D eigenvalue weighted by Crippen LogP contribution is -2.48. The standard InChI is InChI=1S/C20H24FN3O.CH2O2/c21-14-11-20(8-4-9-23(20)12-14)13-22-19(25)18-15-5-1-2-6-16(15)24-10-3-7-17(18)24;2-1-3/h1-2,5-6,14H,3-4,7-13H2,(H,22,25);1H,(H,2,3)/t14-,20-;/m0./s1. The summed E-state index contributed by atoms with van der Waals surface area (Å²) in [5.74, 6) is 0.00961. The summed E-state index contributed by atoms with van der Waals surface area (Å²) in [5, 5.41) is 11.1. The third-order valence-electron chi connectivity index (χ3n) is 6.44. The highest BCUT2D eigenvalue weighted by Gasteiger charge is 2.48. The van der Waals surface area contributed by atoms with Crippen molar-refractivity contribution >= 4 is 23.3 Å². The van der Waals surface area contributed by atoms with E-state index in [1.54, 1.807) is 0 Å². The Labute approximate surface area is 163 Å². The van der Waals surface area contributed by atoms with Crippen molar-refractivity contribution in [1.82, 2.24) is 14.8 Å². The molecular weight excluding hydrogens is 361 g/mol. The molecule has 1 aromatic heterocycles. The molecule has 5 rings (SSSR count). The van der Waals surface area contributed by atoms with Gasteiger partial charge in [0.2, 0.25) is 0 Å². The van der Waals surface area contributed by atoms with Crippen LogP contribution in [0.5, 0.6) is 0 Å². The molecule has 0 spiro atoms. The third-order valence-corrected chi connectivity index (χ3v) is 6.44. The molecule has 1 aromatic carbocycles. The summed E-state index contributed by atoms with van der Waals surface area (Å²) in [7, 11) is 0. The number of carbonyl (C=O) groups is 2. The second kappa shape index (κ2) is 7.54. The molecule has 2 aromatic rings. The normalized spacial score (nSPS) is 25.8. The second-order valence-electron chi connectivity index (χ2n) is 7.96. The molecule has 0 aliphatic carbocycles. The van der Waals surface area contributed by atoms with Crippen molar-refractivity contribution in [3.8, 4) is 0 Å². The number of para-hydroxylation sites is 1. The predicted molar refractivity (Wildman–Crippen MR) is 104 cm³/mol. The number of benzene rings is 1. The number of fused-ring (bicyclic) bond motifs is 4. The lowest BCUT2D eigenvalue weighted by atomic mass is 9.93. The molecule has 2 atom stereocenters. The van der Waals surface area contributed by atoms with Crippen LogP contribution in [-0.2, 0) is 17.8 Å². The molecule has 2 N–H and O–H groups in total. The maximum absolute atomic E-state index is 13.9. The van der Waals surface area contributed by atoms with Crippen molar-refractivity contribution < 1.29 is 19.1 Å². The quantitative estimate of drug-likeness (QED) is 0.794. The van der Waals surface area contributed by atoms with Gasteiger partial charge in [-0.05, 0) is 44.7 Å². The van der Waals surface area contributed by atoms with Gasteiger partial charge in [-0.3, -0.25) is 14.5 Å². The third kappa shape index (κ3) is 3.07. The number of carboxylic acid groups (broad SMARTS) is 1. The lowest BCUT2D eigenvalue weighted by molar-refractivity contribution is -0.122. The van der Waals surface area contributed by atoms with E-state index >= 15 is 0 Å². The monoisotopic (exact) mass is 387 g/mol. The number of hydrogen-bond donors (Lipinski definition) is 2. The van der Waals surface area contributed by atoms with Crippen LogP contribution in [-0.4, -0.2) is 58.3 Å². The first-order valence-electron chi connectivity index (χ1n) is 9.95. The highest BCUT2D eigenvalue weighted by molar-refractivity contribution is 6.08. The molecule has 150 valence electrons. The van der Waals surface area contributed by atoms with Gasteiger partial charge >= 0.3 is 0 Å². The zero-order chi connectivity index (χ0) is 19.7. The molecule has 1 amide bonds. The maximum Gasteiger partial charge on any atom is 0.290 e. The van der Waals surface area contributed by atoms with Gasteiger partial charge in [-0.1, -0.05) is 18.2 Å². The van der Waals surface area contributed by atoms with E-state index in [0.717, 1.165) is 60.9 Å². The summed E-state index contributed by atoms with van der Waals surface area (Å²) >= 11 is 0. The van der Waals surface area contributed by atoms with Gasteiger partial charge in [-0.2, -0.15) is 0 Å². The second-order valence-corrected chi connectivity index (χ2v) is 7.96. The summed E-state index contributed by atoms with van der Waals surface area (Å²) in [4.78, 5) is 23.7. The average Bonchev–Trinajstić information content (AvgIpc) is 3.39. The highest BCUT2D eigenvalue weighted by Crippen LogP contribution is 2.39. The summed E-state index contributed by atoms with van der Waals surface area (Å²) in [6.07, 6.45) is 3.96. The van der Waals surface area contributed by atoms with E-state index in [-0.39, 0.29) is 17.9 Å². The van der Waals surface area contributed by atoms with Gasteiger partial charge in [0.15, 0.2) is 0 Å². The number of rotatable bonds is 3. The zero-order valence-electron chi connectivity index (χ0n) is 15.9. The molecule has 3 aliphatic heterocycles. The summed E-state index contributed by atoms with van der Waals surface area (Å²) < 4.78 is 16.2. The maximum atomic E-state index is 13.9. The number of aryl methyl sites for hydroxylation is 1. The van der Waals surface area contributed by atoms with Gasteiger partial charge in [-0.15, -0.1) is 0 Å². The van der Waals surface area contributed by atoms with Gasteiger partial charge in [-0.25, -0.2) is 4.39 Å². The highest BCUT2D eigenvalue weighted by atomic mass is 19.1. The first kappa shape index (κ1) is 18.9. The largest absolute Gasteiger partial charge is 0.483 e. The smallest absolute Gasteiger partial charge is 0.290 e. The first-order chi connectivity index (χ1) is 13.6. The minimum atomic E-state index is -0.753. The van der Waals surface area contributed by atoms with Crippen LogP contribution in [0, 0.1) is 0 Å². The molecule has 0 bridgehead atoms. The Bertz CT molecular complexity index is 896. The number of hydrogen-bond acceptors (Lipinski definition) is 3. The van der Waals surface area contributed by atoms with Crippen LogP contribution in [0.1, 0.15) is 41.7 Å². The first-order valence-corrected chi connectivity index (χ1v) is 9.95. The number of alkyl halides is 1. The molecule has 2 saturated heterocycles. The minimum absolute atomic E-state index is 0.00961. The van der Waals surface area contributed by atoms with Crippen LogP contribution in [0.4, 0.5) is 4.39 Å². The fraction of sp³-hybridized carbons (Fsp3) is 0.524. The number of halogens is 1. The Kier molecular flexibility index (Phi) is 5.10. The van der Waals surface area contributed by atoms with E-state index in [0.29, 0.717) is 19.5 Å². The summed E-state index contributed by atoms with van der Waals surface area (Å²) in [6, 6.07) is 8.17. The fourth-order valence-corrected chi connectivity index (χ4v) is 5.36. The Morgan fingerprint density at radius 2 is 2.11 bits per heavy atom. The van der Waals surface area contributed by atoms with Gasteiger partial charge in [0.05, 0.1) is 5.56 Å². The Balaban J connectivity index is 0.000000604. The molecule has 0 radical (unpaired) electrons. The van der Waals surface area contributed by atoms with Crippen molar-refractivity contribution in [3.05, 3.63) is 35.5 Å². The number of nitrogens with one attached hydrogen (secondary N) is 1. The Hall–Kier alpha value is -2.41. The summed E-state index contributed by atoms with van der Waals surface area (Å²) in [5.41, 5.74) is 3.00. The number of aromatic nitrogens is 1. The van der Waals surface area contributed by atoms with E-state index < -0.39 is 6.17 Å². The van der Waals surface area contributed by atoms with E-state index in [9.17, 15) is 9.18 Å². The molecule has 2 fully saturated rings. The number of amides is 1. The van der Waals surface area contributed by atoms with Gasteiger partial charge in [0.1, 0.15) is 6.17 Å². The van der Waals surface area contributed by atoms with Gasteiger partial charge in [0.25, 0.3) is 12.4 Å². The van der Waals surface area contributed by atoms with E-state index in [4.69, 9.17) is 9.90 Å². The van der Waals surface area contributed by atoms with Crippen molar-refractivity contribution in [2.24, 2.45) is 0 Å². The van der Waals surface area contributed by atoms with Crippen molar-refractivity contribution in [3.63, 3.8) is 0 Å². The van der Waals surface area contributed by atoms with Crippen LogP contribution in [0.15, 0.2) is 24.3 Å². The van der Waals surface area contributed by atoms with Crippen LogP contribution in [0.25, 0.3) is 10.9 Å². The van der Waals surface area contributed by atoms with Crippen LogP contribution in [0.2, 0.25) is 0 Å². The molecule has 6 nitrogen and oxygen atoms in total. The van der Waals surface area contributed by atoms with Crippen LogP contribution < -0.4 is 5.32 Å². The van der Waals surface area contributed by atoms with E-state index in [1.807, 2.05) is 18.2 Å². The topological polar surface area (TPSA) is 74.6 Å². The van der Waals surface area contributed by atoms with Gasteiger partial charge < -0.3 is 15.0 Å². The van der Waals surface area contributed by atoms with Crippen LogP contribution >= 0.6 is 0 Å². The molecular formula is C21H26FN3O3. The zero-order valence-corrected chi connectivity index (χ0v) is 15.9. The Morgan fingerprint density at radius 1 is 1.32 bits per heavy atom. The fourth-order valence-electron chi connectivity index (χ4n) is 5.36. The minimum Gasteiger partial charge on any atom is -0.483 e. The molecule has 7 heteroatoms. The predicted octanol–water partition coefficient (Wildman–Crippen LogP) is 2.59. The molecule has 0 unspecified atom stereocenters. The lowest BCUT2D eigenvalue weighted by Gasteiger charge is -2.31. The summed E-state index contributed by atoms with van der Waals surface area (Å²) in [6.45, 7) is 2.79. The Morgan fingerprint density at radius 3 is 2.93 bits per heavy atom. The molecule has 4 heterocycles. The average molecular weight is 387 g/mol. The van der Waals surface area contributed by atoms with Crippen LogP contribution in [0.3, 0.4) is 0 Å². The number of carbonyl (C=O) groups excluding carboxylic acids is 1. The SMILES string of the molecule is O=C(NC[C@@]12CCCN1C[C@@H](F)C2)c1c2n(c3ccccc13)CCC2.O=CO. The van der Waals surface area contributed by atoms with Crippen molar-refractivity contribution in [2.75, 3.05) is 19.6 Å². The van der Waals surface area contributed by atoms with Gasteiger partial charge in [0, 0.05) is 41.8 Å². The molecule has 28 heavy (non-hydrogen) atoms. The van der Waals surface area contributed by atoms with Crippen molar-refractivity contribution in [1.29, 1.82) is 0 Å². The number of nitrogens with zero attached hydrogens (tertiary/aromatic N) is 2. The van der Waals surface area contributed by atoms with Crippen molar-refractivity contribution in [2.45, 2.75) is 50.4 Å². The van der Waals surface area contributed by atoms with E-state index in [2.05, 4.69) is 20.9 Å². The molecule has 3 aliphatic rings. The van der Waals surface area contributed by atoms with E-state index in [1.165, 1.54) is 0 Å².